The van der Waals surface area contributed by atoms with Crippen molar-refractivity contribution in [3.05, 3.63) is 102 Å². The van der Waals surface area contributed by atoms with E-state index in [1.165, 1.54) is 12.1 Å². The maximum absolute atomic E-state index is 13.3. The highest BCUT2D eigenvalue weighted by atomic mass is 31.1. The van der Waals surface area contributed by atoms with Gasteiger partial charge in [0.25, 0.3) is 0 Å². The van der Waals surface area contributed by atoms with Crippen LogP contribution >= 0.6 is 7.92 Å². The monoisotopic (exact) mass is 410 g/mol. The zero-order chi connectivity index (χ0) is 20.4. The first-order valence-electron chi connectivity index (χ1n) is 9.07. The summed E-state index contributed by atoms with van der Waals surface area (Å²) >= 11 is 0. The lowest BCUT2D eigenvalue weighted by Gasteiger charge is -2.20. The molecule has 0 bridgehead atoms. The number of rotatable bonds is 4. The van der Waals surface area contributed by atoms with Crippen LogP contribution in [0.25, 0.3) is 5.69 Å². The number of halogens is 3. The Morgan fingerprint density at radius 2 is 1.38 bits per heavy atom. The molecule has 6 heteroatoms. The van der Waals surface area contributed by atoms with Gasteiger partial charge >= 0.3 is 6.18 Å². The molecule has 0 amide bonds. The molecule has 0 radical (unpaired) electrons. The molecule has 0 aliphatic carbocycles. The molecule has 1 aromatic heterocycles. The molecule has 0 N–H and O–H groups in total. The number of alkyl halides is 3. The molecule has 0 spiro atoms. The van der Waals surface area contributed by atoms with Crippen molar-refractivity contribution in [1.29, 1.82) is 0 Å². The Hall–Kier alpha value is -2.91. The SMILES string of the molecule is Cc1cn(-c2cccc(C(F)(F)F)c2)c(P(c2ccccc2)c2ccccc2)n1. The standard InChI is InChI=1S/C23H18F3N2P/c1-17-16-28(19-10-8-9-18(15-19)23(24,25)26)22(27-17)29(20-11-4-2-5-12-20)21-13-6-3-7-14-21/h2-16H,1H3. The van der Waals surface area contributed by atoms with E-state index in [2.05, 4.69) is 0 Å². The molecule has 2 nitrogen and oxygen atoms in total. The molecule has 1 heterocycles. The van der Waals surface area contributed by atoms with E-state index in [1.54, 1.807) is 16.8 Å². The van der Waals surface area contributed by atoms with Gasteiger partial charge in [-0.3, -0.25) is 4.57 Å². The summed E-state index contributed by atoms with van der Waals surface area (Å²) in [5.74, 6) is 0. The fraction of sp³-hybridized carbons (Fsp3) is 0.0870. The number of aryl methyl sites for hydroxylation is 1. The second-order valence-electron chi connectivity index (χ2n) is 6.61. The Balaban J connectivity index is 1.91. The maximum Gasteiger partial charge on any atom is 0.416 e. The quantitative estimate of drug-likeness (QED) is 0.435. The van der Waals surface area contributed by atoms with Crippen molar-refractivity contribution < 1.29 is 13.2 Å². The predicted octanol–water partition coefficient (Wildman–Crippen LogP) is 4.96. The lowest BCUT2D eigenvalue weighted by Crippen LogP contribution is -2.27. The summed E-state index contributed by atoms with van der Waals surface area (Å²) in [6.45, 7) is 1.86. The largest absolute Gasteiger partial charge is 0.416 e. The van der Waals surface area contributed by atoms with Crippen molar-refractivity contribution in [2.75, 3.05) is 0 Å². The first-order chi connectivity index (χ1) is 13.9. The van der Waals surface area contributed by atoms with E-state index in [9.17, 15) is 13.2 Å². The number of hydrogen-bond acceptors (Lipinski definition) is 1. The highest BCUT2D eigenvalue weighted by Crippen LogP contribution is 2.34. The topological polar surface area (TPSA) is 17.8 Å². The van der Waals surface area contributed by atoms with Crippen LogP contribution in [0.5, 0.6) is 0 Å². The van der Waals surface area contributed by atoms with Crippen LogP contribution in [-0.4, -0.2) is 9.55 Å². The molecule has 0 unspecified atom stereocenters. The van der Waals surface area contributed by atoms with Crippen molar-refractivity contribution >= 4 is 24.1 Å². The highest BCUT2D eigenvalue weighted by molar-refractivity contribution is 7.79. The zero-order valence-electron chi connectivity index (χ0n) is 15.6. The minimum absolute atomic E-state index is 0.454. The number of nitrogens with zero attached hydrogens (tertiary/aromatic N) is 2. The van der Waals surface area contributed by atoms with Gasteiger partial charge in [-0.15, -0.1) is 0 Å². The Kier molecular flexibility index (Phi) is 5.25. The van der Waals surface area contributed by atoms with E-state index >= 15 is 0 Å². The third-order valence-corrected chi connectivity index (χ3v) is 6.83. The van der Waals surface area contributed by atoms with Crippen LogP contribution in [0.3, 0.4) is 0 Å². The van der Waals surface area contributed by atoms with Gasteiger partial charge in [0, 0.05) is 19.8 Å². The van der Waals surface area contributed by atoms with Gasteiger partial charge in [-0.2, -0.15) is 13.2 Å². The summed E-state index contributed by atoms with van der Waals surface area (Å²) in [7, 11) is -1.04. The summed E-state index contributed by atoms with van der Waals surface area (Å²) < 4.78 is 41.6. The molecule has 3 aromatic carbocycles. The van der Waals surface area contributed by atoms with Gasteiger partial charge in [0.1, 0.15) is 5.57 Å². The van der Waals surface area contributed by atoms with Crippen LogP contribution in [0.2, 0.25) is 0 Å². The predicted molar refractivity (Wildman–Crippen MR) is 112 cm³/mol. The summed E-state index contributed by atoms with van der Waals surface area (Å²) in [6, 6.07) is 25.3. The molecule has 0 saturated heterocycles. The minimum Gasteiger partial charge on any atom is -0.299 e. The second-order valence-corrected chi connectivity index (χ2v) is 8.71. The molecule has 146 valence electrons. The third-order valence-electron chi connectivity index (χ3n) is 4.49. The fourth-order valence-electron chi connectivity index (χ4n) is 3.20. The second kappa shape index (κ2) is 7.84. The molecule has 0 aliphatic heterocycles. The average Bonchev–Trinajstić information content (AvgIpc) is 3.10. The van der Waals surface area contributed by atoms with Crippen molar-refractivity contribution in [2.45, 2.75) is 13.1 Å². The number of benzene rings is 3. The van der Waals surface area contributed by atoms with E-state index in [1.807, 2.05) is 67.6 Å². The normalized spacial score (nSPS) is 11.8. The minimum atomic E-state index is -4.39. The van der Waals surface area contributed by atoms with E-state index in [4.69, 9.17) is 4.98 Å². The summed E-state index contributed by atoms with van der Waals surface area (Å²) in [5, 5.41) is 2.18. The molecule has 0 saturated carbocycles. The molecule has 4 rings (SSSR count). The molecular formula is C23H18F3N2P. The van der Waals surface area contributed by atoms with Gasteiger partial charge in [0.2, 0.25) is 0 Å². The molecule has 0 fully saturated rings. The van der Waals surface area contributed by atoms with Crippen LogP contribution in [0, 0.1) is 6.92 Å². The summed E-state index contributed by atoms with van der Waals surface area (Å²) in [5.41, 5.74) is 1.29. The fourth-order valence-corrected chi connectivity index (χ4v) is 5.55. The number of imidazole rings is 1. The van der Waals surface area contributed by atoms with Crippen LogP contribution in [0.4, 0.5) is 13.2 Å². The van der Waals surface area contributed by atoms with Crippen LogP contribution in [-0.2, 0) is 6.18 Å². The molecule has 4 aromatic rings. The van der Waals surface area contributed by atoms with Crippen molar-refractivity contribution in [2.24, 2.45) is 0 Å². The zero-order valence-corrected chi connectivity index (χ0v) is 16.5. The average molecular weight is 410 g/mol. The van der Waals surface area contributed by atoms with E-state index in [-0.39, 0.29) is 0 Å². The van der Waals surface area contributed by atoms with Gasteiger partial charge in [0.05, 0.1) is 11.3 Å². The van der Waals surface area contributed by atoms with E-state index in [0.29, 0.717) is 5.69 Å². The van der Waals surface area contributed by atoms with Gasteiger partial charge in [-0.25, -0.2) is 4.98 Å². The molecular weight excluding hydrogens is 392 g/mol. The summed E-state index contributed by atoms with van der Waals surface area (Å²) in [4.78, 5) is 4.74. The van der Waals surface area contributed by atoms with Crippen LogP contribution < -0.4 is 16.2 Å². The van der Waals surface area contributed by atoms with Gasteiger partial charge in [-0.1, -0.05) is 66.7 Å². The lowest BCUT2D eigenvalue weighted by atomic mass is 10.2. The van der Waals surface area contributed by atoms with Gasteiger partial charge in [0.15, 0.2) is 0 Å². The lowest BCUT2D eigenvalue weighted by molar-refractivity contribution is -0.137. The van der Waals surface area contributed by atoms with E-state index < -0.39 is 19.7 Å². The van der Waals surface area contributed by atoms with Crippen LogP contribution in [0.15, 0.2) is 91.1 Å². The third kappa shape index (κ3) is 4.10. The van der Waals surface area contributed by atoms with Crippen LogP contribution in [0.1, 0.15) is 11.3 Å². The van der Waals surface area contributed by atoms with Gasteiger partial charge < -0.3 is 0 Å². The molecule has 0 atom stereocenters. The smallest absolute Gasteiger partial charge is 0.299 e. The molecule has 0 aliphatic rings. The number of aromatic nitrogens is 2. The first-order valence-corrected chi connectivity index (χ1v) is 10.4. The van der Waals surface area contributed by atoms with Crippen molar-refractivity contribution in [1.82, 2.24) is 9.55 Å². The maximum atomic E-state index is 13.3. The van der Waals surface area contributed by atoms with Crippen molar-refractivity contribution in [3.63, 3.8) is 0 Å². The van der Waals surface area contributed by atoms with Crippen molar-refractivity contribution in [3.8, 4) is 5.69 Å². The summed E-state index contributed by atoms with van der Waals surface area (Å²) in [6.07, 6.45) is -2.60. The van der Waals surface area contributed by atoms with E-state index in [0.717, 1.165) is 27.9 Å². The highest BCUT2D eigenvalue weighted by Gasteiger charge is 2.31. The van der Waals surface area contributed by atoms with Gasteiger partial charge in [-0.05, 0) is 35.7 Å². The number of hydrogen-bond donors (Lipinski definition) is 0. The first kappa shape index (κ1) is 19.4. The Bertz CT molecular complexity index is 1070. The Morgan fingerprint density at radius 1 is 0.793 bits per heavy atom. The Morgan fingerprint density at radius 3 is 1.93 bits per heavy atom. The molecule has 29 heavy (non-hydrogen) atoms. The Labute approximate surface area is 168 Å².